The van der Waals surface area contributed by atoms with E-state index < -0.39 is 0 Å². The Kier molecular flexibility index (Phi) is 5.82. The second kappa shape index (κ2) is 7.19. The number of aliphatic hydroxyl groups is 1. The van der Waals surface area contributed by atoms with Crippen molar-refractivity contribution >= 4 is 0 Å². The van der Waals surface area contributed by atoms with Gasteiger partial charge in [0, 0.05) is 18.3 Å². The summed E-state index contributed by atoms with van der Waals surface area (Å²) in [5.41, 5.74) is 1.06. The normalized spacial score (nSPS) is 12.4. The highest BCUT2D eigenvalue weighted by Gasteiger charge is 2.02. The van der Waals surface area contributed by atoms with Crippen molar-refractivity contribution in [1.29, 1.82) is 0 Å². The van der Waals surface area contributed by atoms with Gasteiger partial charge >= 0.3 is 0 Å². The molecule has 0 spiro atoms. The zero-order chi connectivity index (χ0) is 11.8. The minimum atomic E-state index is -0.213. The first-order chi connectivity index (χ1) is 7.74. The van der Waals surface area contributed by atoms with Crippen LogP contribution in [-0.2, 0) is 6.54 Å². The Morgan fingerprint density at radius 1 is 1.56 bits per heavy atom. The molecule has 0 saturated heterocycles. The van der Waals surface area contributed by atoms with Gasteiger partial charge in [-0.05, 0) is 32.4 Å². The van der Waals surface area contributed by atoms with E-state index in [1.807, 2.05) is 19.1 Å². The third kappa shape index (κ3) is 4.59. The van der Waals surface area contributed by atoms with Crippen LogP contribution in [0.25, 0.3) is 0 Å². The fourth-order valence-corrected chi connectivity index (χ4v) is 1.49. The Labute approximate surface area is 96.7 Å². The molecule has 90 valence electrons. The molecule has 1 aromatic rings. The molecule has 2 N–H and O–H groups in total. The smallest absolute Gasteiger partial charge is 0.217 e. The van der Waals surface area contributed by atoms with Crippen molar-refractivity contribution < 1.29 is 9.84 Å². The molecular formula is C12H20N2O2. The molecule has 0 aliphatic rings. The summed E-state index contributed by atoms with van der Waals surface area (Å²) in [6.07, 6.45) is 3.31. The van der Waals surface area contributed by atoms with E-state index in [4.69, 9.17) is 9.84 Å². The van der Waals surface area contributed by atoms with Crippen LogP contribution in [0.1, 0.15) is 25.3 Å². The van der Waals surface area contributed by atoms with Crippen LogP contribution >= 0.6 is 0 Å². The number of aliphatic hydroxyl groups excluding tert-OH is 1. The monoisotopic (exact) mass is 224 g/mol. The van der Waals surface area contributed by atoms with Crippen molar-refractivity contribution in [3.05, 3.63) is 23.9 Å². The lowest BCUT2D eigenvalue weighted by Gasteiger charge is -2.08. The second-order valence-electron chi connectivity index (χ2n) is 3.84. The third-order valence-corrected chi connectivity index (χ3v) is 2.33. The van der Waals surface area contributed by atoms with Crippen LogP contribution in [0.5, 0.6) is 5.88 Å². The van der Waals surface area contributed by atoms with Gasteiger partial charge in [0.05, 0.1) is 13.2 Å². The van der Waals surface area contributed by atoms with Crippen molar-refractivity contribution in [2.75, 3.05) is 13.7 Å². The van der Waals surface area contributed by atoms with Crippen LogP contribution < -0.4 is 10.1 Å². The van der Waals surface area contributed by atoms with Gasteiger partial charge in [-0.2, -0.15) is 0 Å². The van der Waals surface area contributed by atoms with E-state index in [1.54, 1.807) is 13.3 Å². The lowest BCUT2D eigenvalue weighted by atomic mass is 10.2. The van der Waals surface area contributed by atoms with Crippen LogP contribution in [0.2, 0.25) is 0 Å². The minimum Gasteiger partial charge on any atom is -0.481 e. The van der Waals surface area contributed by atoms with Gasteiger partial charge in [-0.15, -0.1) is 0 Å². The molecule has 1 unspecified atom stereocenters. The predicted molar refractivity (Wildman–Crippen MR) is 63.4 cm³/mol. The Balaban J connectivity index is 2.26. The van der Waals surface area contributed by atoms with Gasteiger partial charge in [0.25, 0.3) is 0 Å². The molecule has 1 rings (SSSR count). The molecule has 0 amide bonds. The first kappa shape index (κ1) is 12.9. The number of nitrogens with zero attached hydrogens (tertiary/aromatic N) is 1. The summed E-state index contributed by atoms with van der Waals surface area (Å²) < 4.78 is 5.15. The Bertz CT molecular complexity index is 303. The zero-order valence-electron chi connectivity index (χ0n) is 9.94. The molecule has 0 radical (unpaired) electrons. The topological polar surface area (TPSA) is 54.4 Å². The summed E-state index contributed by atoms with van der Waals surface area (Å²) in [5.74, 6) is 0.672. The summed E-state index contributed by atoms with van der Waals surface area (Å²) in [6, 6.07) is 3.89. The molecule has 0 aromatic carbocycles. The Hall–Kier alpha value is -1.13. The van der Waals surface area contributed by atoms with E-state index in [0.29, 0.717) is 5.88 Å². The maximum atomic E-state index is 9.09. The summed E-state index contributed by atoms with van der Waals surface area (Å²) in [5, 5.41) is 12.4. The summed E-state index contributed by atoms with van der Waals surface area (Å²) in [4.78, 5) is 4.12. The average molecular weight is 224 g/mol. The van der Waals surface area contributed by atoms with Gasteiger partial charge in [-0.25, -0.2) is 4.98 Å². The fraction of sp³-hybridized carbons (Fsp3) is 0.583. The number of rotatable bonds is 7. The van der Waals surface area contributed by atoms with Gasteiger partial charge in [0.1, 0.15) is 0 Å². The lowest BCUT2D eigenvalue weighted by molar-refractivity contribution is 0.181. The molecule has 1 aromatic heterocycles. The number of aromatic nitrogens is 1. The van der Waals surface area contributed by atoms with Gasteiger partial charge in [0.2, 0.25) is 5.88 Å². The largest absolute Gasteiger partial charge is 0.481 e. The molecule has 4 nitrogen and oxygen atoms in total. The maximum Gasteiger partial charge on any atom is 0.217 e. The molecule has 1 heterocycles. The van der Waals surface area contributed by atoms with E-state index in [-0.39, 0.29) is 6.10 Å². The SMILES string of the molecule is COc1ncccc1CNCCCC(C)O. The summed E-state index contributed by atoms with van der Waals surface area (Å²) >= 11 is 0. The van der Waals surface area contributed by atoms with Crippen molar-refractivity contribution in [3.63, 3.8) is 0 Å². The van der Waals surface area contributed by atoms with Crippen molar-refractivity contribution in [2.24, 2.45) is 0 Å². The number of ether oxygens (including phenoxy) is 1. The van der Waals surface area contributed by atoms with E-state index in [1.165, 1.54) is 0 Å². The van der Waals surface area contributed by atoms with E-state index in [2.05, 4.69) is 10.3 Å². The Morgan fingerprint density at radius 2 is 2.38 bits per heavy atom. The highest BCUT2D eigenvalue weighted by atomic mass is 16.5. The third-order valence-electron chi connectivity index (χ3n) is 2.33. The highest BCUT2D eigenvalue weighted by Crippen LogP contribution is 2.12. The van der Waals surface area contributed by atoms with Crippen LogP contribution in [0, 0.1) is 0 Å². The van der Waals surface area contributed by atoms with E-state index in [0.717, 1.165) is 31.5 Å². The average Bonchev–Trinajstić information content (AvgIpc) is 2.29. The first-order valence-electron chi connectivity index (χ1n) is 5.60. The van der Waals surface area contributed by atoms with Gasteiger partial charge in [0.15, 0.2) is 0 Å². The number of pyridine rings is 1. The molecule has 1 atom stereocenters. The van der Waals surface area contributed by atoms with Gasteiger partial charge in [-0.3, -0.25) is 0 Å². The fourth-order valence-electron chi connectivity index (χ4n) is 1.49. The standard InChI is InChI=1S/C12H20N2O2/c1-10(15)5-3-7-13-9-11-6-4-8-14-12(11)16-2/h4,6,8,10,13,15H,3,5,7,9H2,1-2H3. The van der Waals surface area contributed by atoms with Crippen LogP contribution in [-0.4, -0.2) is 29.8 Å². The number of hydrogen-bond donors (Lipinski definition) is 2. The van der Waals surface area contributed by atoms with Crippen LogP contribution in [0.15, 0.2) is 18.3 Å². The second-order valence-corrected chi connectivity index (χ2v) is 3.84. The van der Waals surface area contributed by atoms with E-state index >= 15 is 0 Å². The molecule has 0 aliphatic carbocycles. The molecule has 0 saturated carbocycles. The summed E-state index contributed by atoms with van der Waals surface area (Å²) in [6.45, 7) is 3.45. The molecule has 0 aliphatic heterocycles. The molecule has 4 heteroatoms. The summed E-state index contributed by atoms with van der Waals surface area (Å²) in [7, 11) is 1.62. The van der Waals surface area contributed by atoms with Gasteiger partial charge in [-0.1, -0.05) is 6.07 Å². The number of nitrogens with one attached hydrogen (secondary N) is 1. The van der Waals surface area contributed by atoms with Crippen molar-refractivity contribution in [3.8, 4) is 5.88 Å². The Morgan fingerprint density at radius 3 is 3.06 bits per heavy atom. The van der Waals surface area contributed by atoms with Crippen LogP contribution in [0.4, 0.5) is 0 Å². The lowest BCUT2D eigenvalue weighted by Crippen LogP contribution is -2.16. The highest BCUT2D eigenvalue weighted by molar-refractivity contribution is 5.24. The number of methoxy groups -OCH3 is 1. The van der Waals surface area contributed by atoms with Crippen LogP contribution in [0.3, 0.4) is 0 Å². The minimum absolute atomic E-state index is 0.213. The van der Waals surface area contributed by atoms with Gasteiger partial charge < -0.3 is 15.2 Å². The predicted octanol–water partition coefficient (Wildman–Crippen LogP) is 1.34. The van der Waals surface area contributed by atoms with Crippen molar-refractivity contribution in [2.45, 2.75) is 32.4 Å². The molecule has 0 bridgehead atoms. The molecule has 0 fully saturated rings. The first-order valence-corrected chi connectivity index (χ1v) is 5.60. The maximum absolute atomic E-state index is 9.09. The molecular weight excluding hydrogens is 204 g/mol. The molecule has 16 heavy (non-hydrogen) atoms. The number of hydrogen-bond acceptors (Lipinski definition) is 4. The zero-order valence-corrected chi connectivity index (χ0v) is 9.94. The van der Waals surface area contributed by atoms with E-state index in [9.17, 15) is 0 Å². The quantitative estimate of drug-likeness (QED) is 0.686. The van der Waals surface area contributed by atoms with Crippen molar-refractivity contribution in [1.82, 2.24) is 10.3 Å².